The topological polar surface area (TPSA) is 87.4 Å². The predicted molar refractivity (Wildman–Crippen MR) is 90.0 cm³/mol. The van der Waals surface area contributed by atoms with E-state index in [0.29, 0.717) is 25.5 Å². The van der Waals surface area contributed by atoms with Crippen molar-refractivity contribution >= 4 is 5.96 Å². The lowest BCUT2D eigenvalue weighted by Crippen LogP contribution is -2.41. The summed E-state index contributed by atoms with van der Waals surface area (Å²) in [5.41, 5.74) is 1.11. The van der Waals surface area contributed by atoms with E-state index in [9.17, 15) is 5.11 Å². The normalized spacial score (nSPS) is 12.9. The molecule has 1 unspecified atom stereocenters. The van der Waals surface area contributed by atoms with Crippen molar-refractivity contribution in [2.75, 3.05) is 13.1 Å². The Hall–Kier alpha value is -2.41. The minimum atomic E-state index is -0.476. The van der Waals surface area contributed by atoms with Crippen molar-refractivity contribution in [3.05, 3.63) is 48.0 Å². The Bertz CT molecular complexity index is 610. The van der Waals surface area contributed by atoms with E-state index in [2.05, 4.69) is 25.7 Å². The summed E-state index contributed by atoms with van der Waals surface area (Å²) in [7, 11) is 1.84. The number of nitrogens with one attached hydrogen (secondary N) is 2. The summed E-state index contributed by atoms with van der Waals surface area (Å²) < 4.78 is 1.69. The van der Waals surface area contributed by atoms with Crippen LogP contribution in [-0.4, -0.2) is 45.0 Å². The summed E-state index contributed by atoms with van der Waals surface area (Å²) >= 11 is 0. The first-order valence-corrected chi connectivity index (χ1v) is 7.76. The molecule has 0 amide bonds. The summed E-state index contributed by atoms with van der Waals surface area (Å²) in [5, 5.41) is 20.5. The zero-order valence-electron chi connectivity index (χ0n) is 13.6. The number of nitrogens with zero attached hydrogens (tertiary/aromatic N) is 4. The molecule has 1 heterocycles. The van der Waals surface area contributed by atoms with Crippen LogP contribution < -0.4 is 10.6 Å². The number of rotatable bonds is 7. The van der Waals surface area contributed by atoms with Crippen LogP contribution in [0.4, 0.5) is 0 Å². The van der Waals surface area contributed by atoms with E-state index >= 15 is 0 Å². The fraction of sp³-hybridized carbons (Fsp3) is 0.438. The van der Waals surface area contributed by atoms with Crippen LogP contribution in [0.2, 0.25) is 0 Å². The molecule has 0 spiro atoms. The highest BCUT2D eigenvalue weighted by Crippen LogP contribution is 2.02. The largest absolute Gasteiger partial charge is 0.391 e. The number of aromatic nitrogens is 3. The quantitative estimate of drug-likeness (QED) is 0.511. The average molecular weight is 316 g/mol. The van der Waals surface area contributed by atoms with E-state index < -0.39 is 6.10 Å². The van der Waals surface area contributed by atoms with Crippen LogP contribution in [0.5, 0.6) is 0 Å². The van der Waals surface area contributed by atoms with E-state index in [1.54, 1.807) is 4.68 Å². The van der Waals surface area contributed by atoms with Crippen LogP contribution in [0.3, 0.4) is 0 Å². The van der Waals surface area contributed by atoms with Crippen molar-refractivity contribution in [3.8, 4) is 0 Å². The smallest absolute Gasteiger partial charge is 0.191 e. The molecule has 1 aromatic carbocycles. The SMILES string of the molecule is CCNC(=NCc1ncnn1C)NCC(O)Cc1ccccc1. The van der Waals surface area contributed by atoms with Crippen LogP contribution in [-0.2, 0) is 20.0 Å². The molecule has 0 bridgehead atoms. The van der Waals surface area contributed by atoms with Gasteiger partial charge in [-0.3, -0.25) is 4.68 Å². The van der Waals surface area contributed by atoms with Crippen LogP contribution >= 0.6 is 0 Å². The van der Waals surface area contributed by atoms with E-state index in [4.69, 9.17) is 0 Å². The van der Waals surface area contributed by atoms with Gasteiger partial charge in [0.05, 0.1) is 6.10 Å². The third kappa shape index (κ3) is 5.71. The van der Waals surface area contributed by atoms with Crippen molar-refractivity contribution in [1.82, 2.24) is 25.4 Å². The Kier molecular flexibility index (Phi) is 6.56. The van der Waals surface area contributed by atoms with E-state index in [-0.39, 0.29) is 0 Å². The number of hydrogen-bond donors (Lipinski definition) is 3. The zero-order chi connectivity index (χ0) is 16.5. The molecular weight excluding hydrogens is 292 g/mol. The Morgan fingerprint density at radius 3 is 2.74 bits per heavy atom. The minimum Gasteiger partial charge on any atom is -0.391 e. The van der Waals surface area contributed by atoms with Gasteiger partial charge in [0, 0.05) is 26.6 Å². The Morgan fingerprint density at radius 1 is 1.30 bits per heavy atom. The summed E-state index contributed by atoms with van der Waals surface area (Å²) in [6, 6.07) is 9.94. The maximum atomic E-state index is 10.1. The number of guanidine groups is 1. The van der Waals surface area contributed by atoms with Crippen LogP contribution in [0.1, 0.15) is 18.3 Å². The summed E-state index contributed by atoms with van der Waals surface area (Å²) in [5.74, 6) is 1.44. The highest BCUT2D eigenvalue weighted by Gasteiger charge is 2.07. The van der Waals surface area contributed by atoms with Crippen molar-refractivity contribution in [2.45, 2.75) is 26.0 Å². The summed E-state index contributed by atoms with van der Waals surface area (Å²) in [4.78, 5) is 8.59. The first-order chi connectivity index (χ1) is 11.2. The average Bonchev–Trinajstić information content (AvgIpc) is 2.96. The number of aliphatic imine (C=N–C) groups is 1. The fourth-order valence-corrected chi connectivity index (χ4v) is 2.13. The van der Waals surface area contributed by atoms with E-state index in [1.165, 1.54) is 6.33 Å². The molecule has 0 aliphatic heterocycles. The molecule has 0 saturated heterocycles. The molecule has 3 N–H and O–H groups in total. The Balaban J connectivity index is 1.85. The third-order valence-corrected chi connectivity index (χ3v) is 3.35. The molecule has 23 heavy (non-hydrogen) atoms. The summed E-state index contributed by atoms with van der Waals surface area (Å²) in [6.07, 6.45) is 1.64. The lowest BCUT2D eigenvalue weighted by molar-refractivity contribution is 0.177. The maximum absolute atomic E-state index is 10.1. The molecule has 7 nitrogen and oxygen atoms in total. The molecule has 0 aliphatic rings. The lowest BCUT2D eigenvalue weighted by Gasteiger charge is -2.15. The Morgan fingerprint density at radius 2 is 2.09 bits per heavy atom. The fourth-order valence-electron chi connectivity index (χ4n) is 2.13. The van der Waals surface area contributed by atoms with Gasteiger partial charge in [-0.2, -0.15) is 5.10 Å². The molecule has 1 atom stereocenters. The van der Waals surface area contributed by atoms with E-state index in [1.807, 2.05) is 44.3 Å². The van der Waals surface area contributed by atoms with Gasteiger partial charge in [0.15, 0.2) is 5.96 Å². The van der Waals surface area contributed by atoms with Crippen molar-refractivity contribution in [2.24, 2.45) is 12.0 Å². The minimum absolute atomic E-state index is 0.430. The number of aryl methyl sites for hydroxylation is 1. The van der Waals surface area contributed by atoms with Crippen molar-refractivity contribution in [3.63, 3.8) is 0 Å². The number of benzene rings is 1. The zero-order valence-corrected chi connectivity index (χ0v) is 13.6. The number of aliphatic hydroxyl groups excluding tert-OH is 1. The summed E-state index contributed by atoms with van der Waals surface area (Å²) in [6.45, 7) is 3.61. The molecule has 0 saturated carbocycles. The first-order valence-electron chi connectivity index (χ1n) is 7.76. The van der Waals surface area contributed by atoms with Gasteiger partial charge in [0.1, 0.15) is 18.7 Å². The molecule has 2 aromatic rings. The van der Waals surface area contributed by atoms with Gasteiger partial charge in [0.2, 0.25) is 0 Å². The van der Waals surface area contributed by atoms with Gasteiger partial charge in [-0.25, -0.2) is 9.98 Å². The molecule has 7 heteroatoms. The lowest BCUT2D eigenvalue weighted by atomic mass is 10.1. The number of hydrogen-bond acceptors (Lipinski definition) is 4. The molecule has 0 radical (unpaired) electrons. The van der Waals surface area contributed by atoms with Gasteiger partial charge < -0.3 is 15.7 Å². The van der Waals surface area contributed by atoms with Gasteiger partial charge >= 0.3 is 0 Å². The van der Waals surface area contributed by atoms with Gasteiger partial charge in [-0.1, -0.05) is 30.3 Å². The third-order valence-electron chi connectivity index (χ3n) is 3.35. The number of aliphatic hydroxyl groups is 1. The standard InChI is InChI=1S/C16H24N6O/c1-3-17-16(19-11-15-20-12-21-22(15)2)18-10-14(23)9-13-7-5-4-6-8-13/h4-8,12,14,23H,3,9-11H2,1-2H3,(H2,17,18,19). The first kappa shape index (κ1) is 17.0. The second-order valence-corrected chi connectivity index (χ2v) is 5.22. The van der Waals surface area contributed by atoms with E-state index in [0.717, 1.165) is 17.9 Å². The van der Waals surface area contributed by atoms with Crippen LogP contribution in [0, 0.1) is 0 Å². The van der Waals surface area contributed by atoms with Gasteiger partial charge in [-0.15, -0.1) is 0 Å². The van der Waals surface area contributed by atoms with Crippen LogP contribution in [0.15, 0.2) is 41.7 Å². The predicted octanol–water partition coefficient (Wildman–Crippen LogP) is 0.474. The second-order valence-electron chi connectivity index (χ2n) is 5.22. The van der Waals surface area contributed by atoms with Crippen molar-refractivity contribution in [1.29, 1.82) is 0 Å². The second kappa shape index (κ2) is 8.89. The highest BCUT2D eigenvalue weighted by atomic mass is 16.3. The van der Waals surface area contributed by atoms with Crippen molar-refractivity contribution < 1.29 is 5.11 Å². The molecular formula is C16H24N6O. The molecule has 0 fully saturated rings. The molecule has 1 aromatic heterocycles. The van der Waals surface area contributed by atoms with Crippen LogP contribution in [0.25, 0.3) is 0 Å². The van der Waals surface area contributed by atoms with Gasteiger partial charge in [-0.05, 0) is 12.5 Å². The van der Waals surface area contributed by atoms with Gasteiger partial charge in [0.25, 0.3) is 0 Å². The monoisotopic (exact) mass is 316 g/mol. The highest BCUT2D eigenvalue weighted by molar-refractivity contribution is 5.79. The molecule has 124 valence electrons. The maximum Gasteiger partial charge on any atom is 0.191 e. The Labute approximate surface area is 136 Å². The molecule has 2 rings (SSSR count). The molecule has 0 aliphatic carbocycles.